The highest BCUT2D eigenvalue weighted by molar-refractivity contribution is 5.92. The van der Waals surface area contributed by atoms with Gasteiger partial charge in [-0.05, 0) is 19.3 Å². The molecule has 0 spiro atoms. The molecule has 1 heterocycles. The van der Waals surface area contributed by atoms with Crippen molar-refractivity contribution in [2.75, 3.05) is 11.9 Å². The minimum absolute atomic E-state index is 0.181. The quantitative estimate of drug-likeness (QED) is 0.719. The van der Waals surface area contributed by atoms with Crippen LogP contribution >= 0.6 is 0 Å². The maximum Gasteiger partial charge on any atom is 0.271 e. The maximum atomic E-state index is 12.2. The summed E-state index contributed by atoms with van der Waals surface area (Å²) in [5.41, 5.74) is 0.286. The molecule has 116 valence electrons. The molecule has 1 fully saturated rings. The summed E-state index contributed by atoms with van der Waals surface area (Å²) in [5.74, 6) is 0.401. The Kier molecular flexibility index (Phi) is 5.92. The molecule has 1 aliphatic carbocycles. The molecule has 6 nitrogen and oxygen atoms in total. The summed E-state index contributed by atoms with van der Waals surface area (Å²) < 4.78 is 0. The molecule has 2 atom stereocenters. The van der Waals surface area contributed by atoms with Crippen LogP contribution in [0.25, 0.3) is 0 Å². The van der Waals surface area contributed by atoms with Crippen LogP contribution in [-0.2, 0) is 0 Å². The van der Waals surface area contributed by atoms with Gasteiger partial charge in [0.05, 0.1) is 24.5 Å². The van der Waals surface area contributed by atoms with Crippen molar-refractivity contribution in [2.24, 2.45) is 0 Å². The number of nitrogens with one attached hydrogen (secondary N) is 2. The molecule has 0 saturated heterocycles. The third-order valence-electron chi connectivity index (χ3n) is 3.74. The van der Waals surface area contributed by atoms with E-state index >= 15 is 0 Å². The van der Waals surface area contributed by atoms with Crippen molar-refractivity contribution in [3.8, 4) is 0 Å². The number of carbonyl (C=O) groups is 1. The van der Waals surface area contributed by atoms with Crippen LogP contribution in [0.2, 0.25) is 0 Å². The zero-order valence-corrected chi connectivity index (χ0v) is 12.5. The van der Waals surface area contributed by atoms with Gasteiger partial charge in [-0.15, -0.1) is 0 Å². The summed E-state index contributed by atoms with van der Waals surface area (Å²) in [6.07, 6.45) is 8.30. The van der Waals surface area contributed by atoms with E-state index in [2.05, 4.69) is 27.5 Å². The minimum atomic E-state index is -0.463. The highest BCUT2D eigenvalue weighted by Gasteiger charge is 2.24. The van der Waals surface area contributed by atoms with E-state index < -0.39 is 6.10 Å². The van der Waals surface area contributed by atoms with Crippen molar-refractivity contribution < 1.29 is 9.90 Å². The lowest BCUT2D eigenvalue weighted by Crippen LogP contribution is -2.43. The lowest BCUT2D eigenvalue weighted by Gasteiger charge is -2.21. The predicted octanol–water partition coefficient (Wildman–Crippen LogP) is 1.72. The number of hydrogen-bond donors (Lipinski definition) is 3. The molecular weight excluding hydrogens is 268 g/mol. The van der Waals surface area contributed by atoms with E-state index in [-0.39, 0.29) is 17.6 Å². The van der Waals surface area contributed by atoms with E-state index in [1.165, 1.54) is 6.20 Å². The SMILES string of the molecule is CCCNc1cnc(C(=O)NC2CCCCCC2O)cn1. The average molecular weight is 292 g/mol. The molecule has 1 aromatic rings. The number of anilines is 1. The number of aliphatic hydroxyl groups excluding tert-OH is 1. The standard InChI is InChI=1S/C15H24N4O2/c1-2-8-16-14-10-17-12(9-18-14)15(21)19-11-6-4-3-5-7-13(11)20/h9-11,13,20H,2-8H2,1H3,(H,16,18)(H,19,21). The first-order chi connectivity index (χ1) is 10.2. The van der Waals surface area contributed by atoms with Crippen molar-refractivity contribution in [2.45, 2.75) is 57.6 Å². The van der Waals surface area contributed by atoms with Crippen molar-refractivity contribution in [1.82, 2.24) is 15.3 Å². The van der Waals surface area contributed by atoms with Crippen LogP contribution < -0.4 is 10.6 Å². The number of hydrogen-bond acceptors (Lipinski definition) is 5. The van der Waals surface area contributed by atoms with Crippen molar-refractivity contribution in [3.63, 3.8) is 0 Å². The molecule has 0 aromatic carbocycles. The monoisotopic (exact) mass is 292 g/mol. The van der Waals surface area contributed by atoms with Gasteiger partial charge in [0.15, 0.2) is 0 Å². The molecule has 0 radical (unpaired) electrons. The van der Waals surface area contributed by atoms with Crippen LogP contribution in [0.1, 0.15) is 55.9 Å². The molecule has 2 rings (SSSR count). The van der Waals surface area contributed by atoms with Gasteiger partial charge in [-0.25, -0.2) is 9.97 Å². The lowest BCUT2D eigenvalue weighted by molar-refractivity contribution is 0.0814. The van der Waals surface area contributed by atoms with Crippen LogP contribution in [0, 0.1) is 0 Å². The van der Waals surface area contributed by atoms with Crippen molar-refractivity contribution in [3.05, 3.63) is 18.1 Å². The smallest absolute Gasteiger partial charge is 0.271 e. The number of carbonyl (C=O) groups excluding carboxylic acids is 1. The zero-order valence-electron chi connectivity index (χ0n) is 12.5. The number of aromatic nitrogens is 2. The molecule has 21 heavy (non-hydrogen) atoms. The predicted molar refractivity (Wildman–Crippen MR) is 81.2 cm³/mol. The van der Waals surface area contributed by atoms with Crippen molar-refractivity contribution >= 4 is 11.7 Å². The van der Waals surface area contributed by atoms with Gasteiger partial charge < -0.3 is 15.7 Å². The van der Waals surface area contributed by atoms with E-state index in [4.69, 9.17) is 0 Å². The third-order valence-corrected chi connectivity index (χ3v) is 3.74. The molecule has 1 amide bonds. The van der Waals surface area contributed by atoms with Gasteiger partial charge in [0.2, 0.25) is 0 Å². The fourth-order valence-corrected chi connectivity index (χ4v) is 2.49. The second-order valence-corrected chi connectivity index (χ2v) is 5.50. The van der Waals surface area contributed by atoms with Crippen LogP contribution in [0.15, 0.2) is 12.4 Å². The van der Waals surface area contributed by atoms with Gasteiger partial charge in [0, 0.05) is 6.54 Å². The maximum absolute atomic E-state index is 12.2. The Bertz CT molecular complexity index is 449. The fourth-order valence-electron chi connectivity index (χ4n) is 2.49. The molecule has 3 N–H and O–H groups in total. The molecule has 2 unspecified atom stereocenters. The van der Waals surface area contributed by atoms with Crippen LogP contribution in [-0.4, -0.2) is 39.7 Å². The summed E-state index contributed by atoms with van der Waals surface area (Å²) in [6.45, 7) is 2.90. The number of nitrogens with zero attached hydrogens (tertiary/aromatic N) is 2. The van der Waals surface area contributed by atoms with Gasteiger partial charge in [-0.1, -0.05) is 26.2 Å². The summed E-state index contributed by atoms with van der Waals surface area (Å²) in [5, 5.41) is 16.0. The first-order valence-corrected chi connectivity index (χ1v) is 7.75. The molecule has 6 heteroatoms. The summed E-state index contributed by atoms with van der Waals surface area (Å²) in [4.78, 5) is 20.4. The second-order valence-electron chi connectivity index (χ2n) is 5.50. The van der Waals surface area contributed by atoms with Gasteiger partial charge >= 0.3 is 0 Å². The summed E-state index contributed by atoms with van der Waals surface area (Å²) in [6, 6.07) is -0.181. The first kappa shape index (κ1) is 15.7. The van der Waals surface area contributed by atoms with E-state index in [1.807, 2.05) is 0 Å². The Morgan fingerprint density at radius 1 is 1.29 bits per heavy atom. The first-order valence-electron chi connectivity index (χ1n) is 7.75. The fraction of sp³-hybridized carbons (Fsp3) is 0.667. The van der Waals surface area contributed by atoms with Gasteiger partial charge in [0.25, 0.3) is 5.91 Å². The summed E-state index contributed by atoms with van der Waals surface area (Å²) >= 11 is 0. The molecule has 0 bridgehead atoms. The van der Waals surface area contributed by atoms with Gasteiger partial charge in [-0.3, -0.25) is 4.79 Å². The Balaban J connectivity index is 1.92. The Morgan fingerprint density at radius 3 is 2.81 bits per heavy atom. The van der Waals surface area contributed by atoms with E-state index in [0.717, 1.165) is 45.1 Å². The Hall–Kier alpha value is -1.69. The number of aliphatic hydroxyl groups is 1. The normalized spacial score (nSPS) is 22.4. The molecule has 1 aromatic heterocycles. The van der Waals surface area contributed by atoms with E-state index in [1.54, 1.807) is 6.20 Å². The highest BCUT2D eigenvalue weighted by atomic mass is 16.3. The second kappa shape index (κ2) is 7.93. The molecule has 0 aliphatic heterocycles. The van der Waals surface area contributed by atoms with Crippen molar-refractivity contribution in [1.29, 1.82) is 0 Å². The largest absolute Gasteiger partial charge is 0.391 e. The Morgan fingerprint density at radius 2 is 2.10 bits per heavy atom. The van der Waals surface area contributed by atoms with Gasteiger partial charge in [0.1, 0.15) is 11.5 Å². The average Bonchev–Trinajstić information content (AvgIpc) is 2.70. The molecule has 1 saturated carbocycles. The zero-order chi connectivity index (χ0) is 15.1. The topological polar surface area (TPSA) is 87.1 Å². The lowest BCUT2D eigenvalue weighted by atomic mass is 10.1. The van der Waals surface area contributed by atoms with Crippen LogP contribution in [0.4, 0.5) is 5.82 Å². The van der Waals surface area contributed by atoms with E-state index in [0.29, 0.717) is 5.82 Å². The third kappa shape index (κ3) is 4.67. The molecular formula is C15H24N4O2. The Labute approximate surface area is 125 Å². The minimum Gasteiger partial charge on any atom is -0.391 e. The number of amides is 1. The van der Waals surface area contributed by atoms with Crippen LogP contribution in [0.3, 0.4) is 0 Å². The van der Waals surface area contributed by atoms with E-state index in [9.17, 15) is 9.90 Å². The highest BCUT2D eigenvalue weighted by Crippen LogP contribution is 2.18. The summed E-state index contributed by atoms with van der Waals surface area (Å²) in [7, 11) is 0. The molecule has 1 aliphatic rings. The van der Waals surface area contributed by atoms with Gasteiger partial charge in [-0.2, -0.15) is 0 Å². The van der Waals surface area contributed by atoms with Crippen LogP contribution in [0.5, 0.6) is 0 Å². The number of rotatable bonds is 5.